The molecule has 0 bridgehead atoms. The standard InChI is InChI=1S/C5H5F9O3S/c1-18(15,16,17)5(13,14)3(8,9)2(6,7)4(10,11)12/h1H3,(H2,15,16,17). The Balaban J connectivity index is 6.07. The third-order valence-corrected chi connectivity index (χ3v) is 3.14. The summed E-state index contributed by atoms with van der Waals surface area (Å²) >= 11 is 0. The van der Waals surface area contributed by atoms with E-state index < -0.39 is 39.2 Å². The van der Waals surface area contributed by atoms with Gasteiger partial charge < -0.3 is 9.11 Å². The van der Waals surface area contributed by atoms with Crippen molar-refractivity contribution in [3.63, 3.8) is 0 Å². The minimum atomic E-state index is -7.73. The Morgan fingerprint density at radius 1 is 0.778 bits per heavy atom. The molecule has 13 heteroatoms. The van der Waals surface area contributed by atoms with Crippen LogP contribution in [0.1, 0.15) is 0 Å². The van der Waals surface area contributed by atoms with E-state index >= 15 is 0 Å². The first-order chi connectivity index (χ1) is 7.26. The average molecular weight is 316 g/mol. The highest BCUT2D eigenvalue weighted by Gasteiger charge is 2.86. The predicted octanol–water partition coefficient (Wildman–Crippen LogP) is 2.81. The Hall–Kier alpha value is -0.560. The molecule has 0 aliphatic heterocycles. The number of hydrogen-bond donors (Lipinski definition) is 2. The molecule has 0 unspecified atom stereocenters. The maximum absolute atomic E-state index is 12.6. The summed E-state index contributed by atoms with van der Waals surface area (Å²) in [5.41, 5.74) is 0. The predicted molar refractivity (Wildman–Crippen MR) is 40.2 cm³/mol. The van der Waals surface area contributed by atoms with Crippen molar-refractivity contribution in [3.8, 4) is 0 Å². The van der Waals surface area contributed by atoms with Crippen LogP contribution in [0.15, 0.2) is 0 Å². The van der Waals surface area contributed by atoms with Crippen molar-refractivity contribution < 1.29 is 52.8 Å². The van der Waals surface area contributed by atoms with Crippen molar-refractivity contribution in [3.05, 3.63) is 0 Å². The lowest BCUT2D eigenvalue weighted by molar-refractivity contribution is -0.383. The van der Waals surface area contributed by atoms with Gasteiger partial charge in [0.05, 0.1) is 0 Å². The molecule has 0 aliphatic carbocycles. The molecular formula is C5H5F9O3S. The molecule has 3 nitrogen and oxygen atoms in total. The molecule has 0 aromatic rings. The van der Waals surface area contributed by atoms with Crippen molar-refractivity contribution in [2.45, 2.75) is 23.3 Å². The fourth-order valence-corrected chi connectivity index (χ4v) is 1.37. The average Bonchev–Trinajstić information content (AvgIpc) is 1.97. The van der Waals surface area contributed by atoms with E-state index in [1.54, 1.807) is 0 Å². The Labute approximate surface area is 93.0 Å². The van der Waals surface area contributed by atoms with E-state index in [-0.39, 0.29) is 0 Å². The van der Waals surface area contributed by atoms with Crippen molar-refractivity contribution >= 4 is 9.63 Å². The van der Waals surface area contributed by atoms with E-state index in [0.29, 0.717) is 0 Å². The molecule has 0 rings (SSSR count). The summed E-state index contributed by atoms with van der Waals surface area (Å²) in [4.78, 5) is 0. The van der Waals surface area contributed by atoms with Gasteiger partial charge in [-0.2, -0.15) is 39.5 Å². The molecule has 18 heavy (non-hydrogen) atoms. The van der Waals surface area contributed by atoms with Gasteiger partial charge in [0.25, 0.3) is 0 Å². The monoisotopic (exact) mass is 316 g/mol. The lowest BCUT2D eigenvalue weighted by atomic mass is 10.1. The molecule has 112 valence electrons. The Morgan fingerprint density at radius 3 is 1.22 bits per heavy atom. The second kappa shape index (κ2) is 3.50. The Bertz CT molecular complexity index is 394. The SMILES string of the molecule is CS(=O)(O)(O)C(F)(F)C(F)(F)C(F)(F)C(F)(F)F. The summed E-state index contributed by atoms with van der Waals surface area (Å²) in [6.45, 7) is 0. The van der Waals surface area contributed by atoms with Crippen LogP contribution in [0, 0.1) is 0 Å². The molecule has 0 saturated carbocycles. The van der Waals surface area contributed by atoms with Crippen molar-refractivity contribution in [2.75, 3.05) is 6.26 Å². The first-order valence-corrected chi connectivity index (χ1v) is 5.88. The van der Waals surface area contributed by atoms with Crippen LogP contribution in [0.25, 0.3) is 0 Å². The highest BCUT2D eigenvalue weighted by Crippen LogP contribution is 2.57. The summed E-state index contributed by atoms with van der Waals surface area (Å²) in [5, 5.41) is -6.93. The van der Waals surface area contributed by atoms with Gasteiger partial charge >= 0.3 is 23.3 Å². The molecule has 0 radical (unpaired) electrons. The molecule has 0 saturated heterocycles. The first-order valence-electron chi connectivity index (χ1n) is 3.60. The molecule has 0 spiro atoms. The van der Waals surface area contributed by atoms with Gasteiger partial charge in [-0.3, -0.25) is 0 Å². The van der Waals surface area contributed by atoms with Gasteiger partial charge in [0, 0.05) is 6.26 Å². The fraction of sp³-hybridized carbons (Fsp3) is 1.00. The molecule has 2 N–H and O–H groups in total. The summed E-state index contributed by atoms with van der Waals surface area (Å²) in [5.74, 6) is -14.7. The topological polar surface area (TPSA) is 57.5 Å². The van der Waals surface area contributed by atoms with Crippen LogP contribution in [0.2, 0.25) is 0 Å². The van der Waals surface area contributed by atoms with Crippen molar-refractivity contribution in [1.29, 1.82) is 0 Å². The lowest BCUT2D eigenvalue weighted by Gasteiger charge is -2.41. The van der Waals surface area contributed by atoms with Gasteiger partial charge in [0.2, 0.25) is 0 Å². The molecule has 0 heterocycles. The number of halogens is 9. The van der Waals surface area contributed by atoms with Crippen LogP contribution in [0.4, 0.5) is 39.5 Å². The minimum absolute atomic E-state index is 0.877. The highest BCUT2D eigenvalue weighted by molar-refractivity contribution is 8.10. The Morgan fingerprint density at radius 2 is 1.06 bits per heavy atom. The van der Waals surface area contributed by atoms with Crippen molar-refractivity contribution in [1.82, 2.24) is 0 Å². The normalized spacial score (nSPS) is 18.3. The number of alkyl halides is 9. The summed E-state index contributed by atoms with van der Waals surface area (Å²) in [7, 11) is -7.73. The van der Waals surface area contributed by atoms with Crippen LogP contribution < -0.4 is 0 Å². The van der Waals surface area contributed by atoms with Gasteiger partial charge in [-0.25, -0.2) is 4.21 Å². The van der Waals surface area contributed by atoms with Crippen molar-refractivity contribution in [2.24, 2.45) is 0 Å². The largest absolute Gasteiger partial charge is 0.460 e. The molecule has 0 atom stereocenters. The van der Waals surface area contributed by atoms with E-state index in [1.165, 1.54) is 0 Å². The van der Waals surface area contributed by atoms with E-state index in [2.05, 4.69) is 0 Å². The van der Waals surface area contributed by atoms with E-state index in [0.717, 1.165) is 0 Å². The molecular weight excluding hydrogens is 311 g/mol. The second-order valence-corrected chi connectivity index (χ2v) is 6.37. The quantitative estimate of drug-likeness (QED) is 0.787. The lowest BCUT2D eigenvalue weighted by Crippen LogP contribution is -2.68. The maximum atomic E-state index is 12.6. The van der Waals surface area contributed by atoms with E-state index in [1.807, 2.05) is 0 Å². The maximum Gasteiger partial charge on any atom is 0.460 e. The van der Waals surface area contributed by atoms with Crippen LogP contribution in [-0.4, -0.2) is 42.8 Å². The van der Waals surface area contributed by atoms with Crippen LogP contribution in [0.5, 0.6) is 0 Å². The van der Waals surface area contributed by atoms with Gasteiger partial charge in [-0.05, 0) is 0 Å². The summed E-state index contributed by atoms with van der Waals surface area (Å²) in [6.07, 6.45) is -8.00. The smallest absolute Gasteiger partial charge is 0.303 e. The fourth-order valence-electron chi connectivity index (χ4n) is 0.656. The first kappa shape index (κ1) is 17.4. The van der Waals surface area contributed by atoms with Gasteiger partial charge in [0.1, 0.15) is 9.63 Å². The third-order valence-electron chi connectivity index (χ3n) is 1.71. The third kappa shape index (κ3) is 2.18. The zero-order valence-electron chi connectivity index (χ0n) is 8.11. The van der Waals surface area contributed by atoms with Crippen LogP contribution in [0.3, 0.4) is 0 Å². The van der Waals surface area contributed by atoms with Gasteiger partial charge in [-0.15, -0.1) is 0 Å². The second-order valence-electron chi connectivity index (χ2n) is 3.40. The summed E-state index contributed by atoms with van der Waals surface area (Å²) < 4.78 is 136. The van der Waals surface area contributed by atoms with E-state index in [9.17, 15) is 43.7 Å². The molecule has 0 aromatic heterocycles. The molecule has 0 aliphatic rings. The highest BCUT2D eigenvalue weighted by atomic mass is 32.3. The van der Waals surface area contributed by atoms with Gasteiger partial charge in [0.15, 0.2) is 0 Å². The molecule has 0 fully saturated rings. The molecule has 0 amide bonds. The van der Waals surface area contributed by atoms with Crippen LogP contribution in [-0.2, 0) is 9.63 Å². The number of rotatable bonds is 3. The van der Waals surface area contributed by atoms with E-state index in [4.69, 9.17) is 9.11 Å². The van der Waals surface area contributed by atoms with Crippen LogP contribution >= 0.6 is 0 Å². The molecule has 0 aromatic carbocycles. The summed E-state index contributed by atoms with van der Waals surface area (Å²) in [6, 6.07) is 0. The number of hydrogen-bond acceptors (Lipinski definition) is 1. The van der Waals surface area contributed by atoms with Gasteiger partial charge in [-0.1, -0.05) is 0 Å². The minimum Gasteiger partial charge on any atom is -0.303 e. The Kier molecular flexibility index (Phi) is 3.40. The zero-order valence-corrected chi connectivity index (χ0v) is 8.93. The zero-order chi connectivity index (χ0) is 15.4.